The van der Waals surface area contributed by atoms with E-state index in [1.165, 1.54) is 35.1 Å². The van der Waals surface area contributed by atoms with Crippen LogP contribution in [0.4, 0.5) is 5.13 Å². The van der Waals surface area contributed by atoms with Crippen molar-refractivity contribution in [2.75, 3.05) is 17.2 Å². The number of Topliss-reactive ketones (excluding diaryl/α,β-unsaturated/α-hetero) is 1. The Hall–Kier alpha value is -2.91. The molecule has 2 aromatic rings. The van der Waals surface area contributed by atoms with E-state index in [1.54, 1.807) is 0 Å². The molecule has 2 aliphatic heterocycles. The Labute approximate surface area is 180 Å². The largest absolute Gasteiger partial charge is 0.477 e. The first-order valence-electron chi connectivity index (χ1n) is 8.23. The van der Waals surface area contributed by atoms with E-state index in [4.69, 9.17) is 10.3 Å². The molecular formula is C15H12N6O6S3. The molecular weight excluding hydrogens is 456 g/mol. The maximum atomic E-state index is 12.6. The van der Waals surface area contributed by atoms with Crippen molar-refractivity contribution in [3.8, 4) is 0 Å². The maximum Gasteiger partial charge on any atom is 0.352 e. The molecule has 2 aliphatic rings. The zero-order valence-electron chi connectivity index (χ0n) is 14.8. The number of hydrogen-bond donors (Lipinski definition) is 3. The first-order valence-corrected chi connectivity index (χ1v) is 11.1. The number of ketones is 1. The highest BCUT2D eigenvalue weighted by molar-refractivity contribution is 8.01. The van der Waals surface area contributed by atoms with Crippen molar-refractivity contribution >= 4 is 63.6 Å². The van der Waals surface area contributed by atoms with Crippen LogP contribution in [0.1, 0.15) is 10.5 Å². The van der Waals surface area contributed by atoms with Crippen molar-refractivity contribution in [1.29, 1.82) is 0 Å². The van der Waals surface area contributed by atoms with Gasteiger partial charge in [-0.1, -0.05) is 11.8 Å². The number of aromatic nitrogens is 3. The van der Waals surface area contributed by atoms with Crippen LogP contribution in [0.3, 0.4) is 0 Å². The summed E-state index contributed by atoms with van der Waals surface area (Å²) in [6, 6.07) is -1.01. The third-order valence-corrected chi connectivity index (χ3v) is 7.20. The third-order valence-electron chi connectivity index (χ3n) is 4.23. The van der Waals surface area contributed by atoms with Gasteiger partial charge in [0.1, 0.15) is 29.0 Å². The summed E-state index contributed by atoms with van der Waals surface area (Å²) in [5, 5.41) is 20.2. The number of thioether (sulfide) groups is 2. The lowest BCUT2D eigenvalue weighted by Crippen LogP contribution is -2.71. The predicted molar refractivity (Wildman–Crippen MR) is 106 cm³/mol. The number of anilines is 1. The van der Waals surface area contributed by atoms with Gasteiger partial charge in [0.15, 0.2) is 5.13 Å². The van der Waals surface area contributed by atoms with Crippen LogP contribution in [-0.4, -0.2) is 71.8 Å². The van der Waals surface area contributed by atoms with E-state index in [2.05, 4.69) is 20.7 Å². The second kappa shape index (κ2) is 8.08. The maximum absolute atomic E-state index is 12.6. The molecule has 0 radical (unpaired) electrons. The summed E-state index contributed by atoms with van der Waals surface area (Å²) < 4.78 is 4.88. The van der Waals surface area contributed by atoms with Crippen molar-refractivity contribution in [3.63, 3.8) is 0 Å². The summed E-state index contributed by atoms with van der Waals surface area (Å²) in [7, 11) is 0. The highest BCUT2D eigenvalue weighted by atomic mass is 32.2. The number of carbonyl (C=O) groups excluding carboxylic acids is 3. The van der Waals surface area contributed by atoms with Gasteiger partial charge in [-0.25, -0.2) is 9.78 Å². The second-order valence-electron chi connectivity index (χ2n) is 6.04. The van der Waals surface area contributed by atoms with E-state index in [9.17, 15) is 24.3 Å². The van der Waals surface area contributed by atoms with Crippen LogP contribution in [0.5, 0.6) is 0 Å². The number of nitrogens with zero attached hydrogens (tertiary/aromatic N) is 4. The fourth-order valence-corrected chi connectivity index (χ4v) is 5.67. The molecule has 15 heteroatoms. The van der Waals surface area contributed by atoms with Crippen LogP contribution in [0.25, 0.3) is 0 Å². The van der Waals surface area contributed by atoms with Crippen LogP contribution < -0.4 is 11.1 Å². The van der Waals surface area contributed by atoms with E-state index in [0.717, 1.165) is 16.2 Å². The highest BCUT2D eigenvalue weighted by Crippen LogP contribution is 2.41. The molecule has 30 heavy (non-hydrogen) atoms. The summed E-state index contributed by atoms with van der Waals surface area (Å²) in [5.41, 5.74) is 5.75. The lowest BCUT2D eigenvalue weighted by molar-refractivity contribution is -0.150. The number of nitrogen functional groups attached to an aromatic ring is 1. The lowest BCUT2D eigenvalue weighted by atomic mass is 10.0. The number of aliphatic carboxylic acids is 1. The second-order valence-corrected chi connectivity index (χ2v) is 9.02. The molecule has 0 aromatic carbocycles. The van der Waals surface area contributed by atoms with E-state index in [-0.39, 0.29) is 22.3 Å². The number of fused-ring (bicyclic) bond motifs is 1. The molecule has 4 rings (SSSR count). The van der Waals surface area contributed by atoms with Gasteiger partial charge >= 0.3 is 5.97 Å². The summed E-state index contributed by atoms with van der Waals surface area (Å²) in [6.45, 7) is 0. The number of β-lactam (4-membered cyclic amide) rings is 1. The molecule has 12 nitrogen and oxygen atoms in total. The summed E-state index contributed by atoms with van der Waals surface area (Å²) in [6.07, 6.45) is 1.40. The average molecular weight is 468 g/mol. The smallest absolute Gasteiger partial charge is 0.352 e. The van der Waals surface area contributed by atoms with Crippen LogP contribution >= 0.6 is 34.9 Å². The molecule has 1 fully saturated rings. The van der Waals surface area contributed by atoms with Crippen molar-refractivity contribution in [1.82, 2.24) is 25.6 Å². The monoisotopic (exact) mass is 468 g/mol. The van der Waals surface area contributed by atoms with Crippen molar-refractivity contribution < 1.29 is 28.8 Å². The Bertz CT molecular complexity index is 1070. The summed E-state index contributed by atoms with van der Waals surface area (Å²) in [4.78, 5) is 53.6. The quantitative estimate of drug-likeness (QED) is 0.211. The topological polar surface area (TPSA) is 182 Å². The van der Waals surface area contributed by atoms with Crippen molar-refractivity contribution in [2.45, 2.75) is 16.5 Å². The summed E-state index contributed by atoms with van der Waals surface area (Å²) >= 11 is 3.51. The number of carbonyl (C=O) groups is 4. The Morgan fingerprint density at radius 3 is 2.87 bits per heavy atom. The van der Waals surface area contributed by atoms with E-state index >= 15 is 0 Å². The van der Waals surface area contributed by atoms with Crippen LogP contribution in [0, 0.1) is 0 Å². The highest BCUT2D eigenvalue weighted by Gasteiger charge is 2.54. The molecule has 4 N–H and O–H groups in total. The van der Waals surface area contributed by atoms with E-state index < -0.39 is 35.0 Å². The minimum Gasteiger partial charge on any atom is -0.477 e. The molecule has 2 aromatic heterocycles. The minimum atomic E-state index is -1.25. The summed E-state index contributed by atoms with van der Waals surface area (Å²) in [5.74, 6) is -3.18. The number of nitrogens with two attached hydrogens (primary N) is 1. The number of hydrogen-bond acceptors (Lipinski definition) is 12. The number of thiazole rings is 1. The van der Waals surface area contributed by atoms with Gasteiger partial charge in [-0.2, -0.15) is 0 Å². The number of carboxylic acids is 1. The Balaban J connectivity index is 1.46. The molecule has 1 unspecified atom stereocenters. The third kappa shape index (κ3) is 3.66. The normalized spacial score (nSPS) is 20.5. The van der Waals surface area contributed by atoms with Gasteiger partial charge in [0.05, 0.1) is 0 Å². The molecule has 0 saturated carbocycles. The van der Waals surface area contributed by atoms with Gasteiger partial charge < -0.3 is 20.7 Å². The zero-order valence-corrected chi connectivity index (χ0v) is 17.3. The first kappa shape index (κ1) is 20.4. The van der Waals surface area contributed by atoms with E-state index in [0.29, 0.717) is 16.4 Å². The Kier molecular flexibility index (Phi) is 5.48. The van der Waals surface area contributed by atoms with Gasteiger partial charge in [0.25, 0.3) is 17.6 Å². The lowest BCUT2D eigenvalue weighted by Gasteiger charge is -2.49. The molecule has 2 atom stereocenters. The molecule has 1 saturated heterocycles. The molecule has 156 valence electrons. The van der Waals surface area contributed by atoms with Gasteiger partial charge in [0.2, 0.25) is 5.09 Å². The van der Waals surface area contributed by atoms with E-state index in [1.807, 2.05) is 0 Å². The molecule has 0 aliphatic carbocycles. The van der Waals surface area contributed by atoms with Gasteiger partial charge in [-0.3, -0.25) is 19.3 Å². The van der Waals surface area contributed by atoms with Crippen LogP contribution in [0.15, 0.2) is 32.5 Å². The van der Waals surface area contributed by atoms with Crippen molar-refractivity contribution in [3.05, 3.63) is 28.5 Å². The molecule has 0 bridgehead atoms. The van der Waals surface area contributed by atoms with Gasteiger partial charge in [0, 0.05) is 22.2 Å². The van der Waals surface area contributed by atoms with Gasteiger partial charge in [-0.05, 0) is 5.57 Å². The minimum absolute atomic E-state index is 0.109. The predicted octanol–water partition coefficient (Wildman–Crippen LogP) is -0.178. The number of carboxylic acid groups (broad SMARTS) is 1. The van der Waals surface area contributed by atoms with Gasteiger partial charge in [-0.15, -0.1) is 28.2 Å². The first-order chi connectivity index (χ1) is 14.4. The fourth-order valence-electron chi connectivity index (χ4n) is 2.89. The Morgan fingerprint density at radius 2 is 2.23 bits per heavy atom. The SMILES string of the molecule is Nc1nc(C(=O)C(=O)NC2C(=O)N3C(C(=O)O)=C(CSc4cnno4)CS[C@@H]23)cs1. The number of amides is 2. The fraction of sp³-hybridized carbons (Fsp3) is 0.267. The number of nitrogens with one attached hydrogen (secondary N) is 1. The standard InChI is InChI=1S/C15H12N6O6S3/c16-15-18-6(4-30-15)10(22)11(23)19-8-12(24)21-9(14(25)26)5(3-29-13(8)21)2-28-7-1-17-20-27-7/h1,4,8,13H,2-3H2,(H2,16,18)(H,19,23)(H,25,26)/t8?,13-/m0/s1. The average Bonchev–Trinajstić information content (AvgIpc) is 3.40. The number of rotatable bonds is 7. The zero-order chi connectivity index (χ0) is 21.4. The van der Waals surface area contributed by atoms with Crippen LogP contribution in [-0.2, 0) is 14.4 Å². The molecule has 2 amide bonds. The van der Waals surface area contributed by atoms with Crippen LogP contribution in [0.2, 0.25) is 0 Å². The Morgan fingerprint density at radius 1 is 1.43 bits per heavy atom. The molecule has 4 heterocycles. The molecule has 0 spiro atoms. The van der Waals surface area contributed by atoms with Crippen molar-refractivity contribution in [2.24, 2.45) is 0 Å².